The average molecular weight is 206 g/mol. The lowest BCUT2D eigenvalue weighted by atomic mass is 9.93. The van der Waals surface area contributed by atoms with Crippen molar-refractivity contribution in [3.05, 3.63) is 24.4 Å². The summed E-state index contributed by atoms with van der Waals surface area (Å²) in [6.07, 6.45) is 4.44. The number of hydrogen-bond acceptors (Lipinski definition) is 3. The van der Waals surface area contributed by atoms with Gasteiger partial charge in [0.25, 0.3) is 0 Å². The molecule has 0 bridgehead atoms. The Labute approximate surface area is 90.9 Å². The first-order valence-corrected chi connectivity index (χ1v) is 5.64. The zero-order chi connectivity index (χ0) is 10.5. The molecule has 0 amide bonds. The molecule has 1 aliphatic heterocycles. The van der Waals surface area contributed by atoms with Crippen LogP contribution in [0.15, 0.2) is 24.4 Å². The van der Waals surface area contributed by atoms with E-state index in [4.69, 9.17) is 4.74 Å². The maximum absolute atomic E-state index is 5.81. The molecular weight excluding hydrogens is 188 g/mol. The molecule has 1 aliphatic rings. The van der Waals surface area contributed by atoms with Gasteiger partial charge in [-0.3, -0.25) is 0 Å². The molecule has 1 N–H and O–H groups in total. The number of rotatable bonds is 3. The number of aromatic nitrogens is 1. The third-order valence-electron chi connectivity index (χ3n) is 2.99. The number of ether oxygens (including phenoxy) is 1. The highest BCUT2D eigenvalue weighted by atomic mass is 16.5. The first kappa shape index (κ1) is 10.4. The number of piperidine rings is 1. The molecule has 1 unspecified atom stereocenters. The molecule has 0 aromatic carbocycles. The molecule has 0 spiro atoms. The van der Waals surface area contributed by atoms with Crippen LogP contribution in [-0.2, 0) is 0 Å². The summed E-state index contributed by atoms with van der Waals surface area (Å²) in [7, 11) is 0. The van der Waals surface area contributed by atoms with Gasteiger partial charge in [0.05, 0.1) is 0 Å². The van der Waals surface area contributed by atoms with E-state index >= 15 is 0 Å². The number of nitrogens with one attached hydrogen (secondary N) is 1. The molecule has 1 fully saturated rings. The molecule has 1 aromatic rings. The Morgan fingerprint density at radius 3 is 2.87 bits per heavy atom. The van der Waals surface area contributed by atoms with Crippen LogP contribution in [0.1, 0.15) is 19.8 Å². The largest absolute Gasteiger partial charge is 0.474 e. The lowest BCUT2D eigenvalue weighted by molar-refractivity contribution is 0.123. The minimum absolute atomic E-state index is 0.266. The van der Waals surface area contributed by atoms with Crippen molar-refractivity contribution < 1.29 is 4.74 Å². The van der Waals surface area contributed by atoms with Gasteiger partial charge >= 0.3 is 0 Å². The van der Waals surface area contributed by atoms with Gasteiger partial charge in [0.15, 0.2) is 0 Å². The molecule has 15 heavy (non-hydrogen) atoms. The second kappa shape index (κ2) is 5.12. The van der Waals surface area contributed by atoms with E-state index in [1.807, 2.05) is 18.2 Å². The van der Waals surface area contributed by atoms with Crippen LogP contribution < -0.4 is 10.1 Å². The topological polar surface area (TPSA) is 34.1 Å². The molecule has 1 saturated heterocycles. The van der Waals surface area contributed by atoms with Crippen LogP contribution in [0.2, 0.25) is 0 Å². The molecule has 2 heterocycles. The quantitative estimate of drug-likeness (QED) is 0.819. The van der Waals surface area contributed by atoms with Crippen molar-refractivity contribution in [3.63, 3.8) is 0 Å². The third-order valence-corrected chi connectivity index (χ3v) is 2.99. The van der Waals surface area contributed by atoms with E-state index in [1.54, 1.807) is 6.20 Å². The molecule has 2 rings (SSSR count). The van der Waals surface area contributed by atoms with Crippen LogP contribution in [0.5, 0.6) is 5.88 Å². The number of hydrogen-bond donors (Lipinski definition) is 1. The Hall–Kier alpha value is -1.09. The minimum atomic E-state index is 0.266. The second-order valence-electron chi connectivity index (χ2n) is 4.08. The third kappa shape index (κ3) is 2.93. The van der Waals surface area contributed by atoms with Gasteiger partial charge in [0.2, 0.25) is 5.88 Å². The Bertz CT molecular complexity index is 283. The fourth-order valence-corrected chi connectivity index (χ4v) is 2.02. The van der Waals surface area contributed by atoms with E-state index in [0.29, 0.717) is 5.92 Å². The van der Waals surface area contributed by atoms with Gasteiger partial charge < -0.3 is 10.1 Å². The highest BCUT2D eigenvalue weighted by molar-refractivity contribution is 5.09. The van der Waals surface area contributed by atoms with E-state index in [2.05, 4.69) is 17.2 Å². The van der Waals surface area contributed by atoms with Crippen molar-refractivity contribution in [1.29, 1.82) is 0 Å². The van der Waals surface area contributed by atoms with E-state index in [-0.39, 0.29) is 6.10 Å². The van der Waals surface area contributed by atoms with Crippen molar-refractivity contribution in [2.75, 3.05) is 13.1 Å². The van der Waals surface area contributed by atoms with Crippen LogP contribution in [0.25, 0.3) is 0 Å². The molecule has 1 aromatic heterocycles. The van der Waals surface area contributed by atoms with Gasteiger partial charge in [-0.25, -0.2) is 4.98 Å². The molecule has 3 heteroatoms. The highest BCUT2D eigenvalue weighted by Gasteiger charge is 2.21. The van der Waals surface area contributed by atoms with Crippen molar-refractivity contribution in [1.82, 2.24) is 10.3 Å². The van der Waals surface area contributed by atoms with E-state index < -0.39 is 0 Å². The Morgan fingerprint density at radius 1 is 1.40 bits per heavy atom. The van der Waals surface area contributed by atoms with Gasteiger partial charge in [-0.05, 0) is 44.8 Å². The standard InChI is InChI=1S/C12H18N2O/c1-10(11-5-8-13-9-6-11)15-12-4-2-3-7-14-12/h2-4,7,10-11,13H,5-6,8-9H2,1H3. The summed E-state index contributed by atoms with van der Waals surface area (Å²) in [6.45, 7) is 4.37. The highest BCUT2D eigenvalue weighted by Crippen LogP contribution is 2.20. The Morgan fingerprint density at radius 2 is 2.20 bits per heavy atom. The number of pyridine rings is 1. The van der Waals surface area contributed by atoms with E-state index in [0.717, 1.165) is 19.0 Å². The van der Waals surface area contributed by atoms with Crippen LogP contribution in [0.3, 0.4) is 0 Å². The van der Waals surface area contributed by atoms with Crippen molar-refractivity contribution in [2.24, 2.45) is 5.92 Å². The minimum Gasteiger partial charge on any atom is -0.474 e. The maximum Gasteiger partial charge on any atom is 0.213 e. The van der Waals surface area contributed by atoms with Crippen molar-refractivity contribution in [2.45, 2.75) is 25.9 Å². The van der Waals surface area contributed by atoms with E-state index in [1.165, 1.54) is 12.8 Å². The molecular formula is C12H18N2O. The second-order valence-corrected chi connectivity index (χ2v) is 4.08. The molecule has 82 valence electrons. The normalized spacial score (nSPS) is 19.8. The lowest BCUT2D eigenvalue weighted by Crippen LogP contribution is -2.35. The van der Waals surface area contributed by atoms with Gasteiger partial charge in [-0.1, -0.05) is 6.07 Å². The summed E-state index contributed by atoms with van der Waals surface area (Å²) >= 11 is 0. The molecule has 0 aliphatic carbocycles. The molecule has 1 atom stereocenters. The summed E-state index contributed by atoms with van der Waals surface area (Å²) < 4.78 is 5.81. The first-order chi connectivity index (χ1) is 7.36. The zero-order valence-corrected chi connectivity index (χ0v) is 9.15. The fourth-order valence-electron chi connectivity index (χ4n) is 2.02. The molecule has 3 nitrogen and oxygen atoms in total. The van der Waals surface area contributed by atoms with Crippen molar-refractivity contribution >= 4 is 0 Å². The Kier molecular flexibility index (Phi) is 3.56. The summed E-state index contributed by atoms with van der Waals surface area (Å²) in [4.78, 5) is 4.18. The van der Waals surface area contributed by atoms with Gasteiger partial charge in [-0.15, -0.1) is 0 Å². The van der Waals surface area contributed by atoms with Crippen molar-refractivity contribution in [3.8, 4) is 5.88 Å². The lowest BCUT2D eigenvalue weighted by Gasteiger charge is -2.28. The van der Waals surface area contributed by atoms with E-state index in [9.17, 15) is 0 Å². The number of nitrogens with zero attached hydrogens (tertiary/aromatic N) is 1. The van der Waals surface area contributed by atoms with Gasteiger partial charge in [0.1, 0.15) is 6.10 Å². The van der Waals surface area contributed by atoms with Crippen LogP contribution in [-0.4, -0.2) is 24.2 Å². The summed E-state index contributed by atoms with van der Waals surface area (Å²) in [5, 5.41) is 3.36. The monoisotopic (exact) mass is 206 g/mol. The predicted molar refractivity (Wildman–Crippen MR) is 59.9 cm³/mol. The van der Waals surface area contributed by atoms with Crippen LogP contribution in [0, 0.1) is 5.92 Å². The van der Waals surface area contributed by atoms with Gasteiger partial charge in [-0.2, -0.15) is 0 Å². The smallest absolute Gasteiger partial charge is 0.213 e. The summed E-state index contributed by atoms with van der Waals surface area (Å²) in [5.74, 6) is 1.40. The van der Waals surface area contributed by atoms with Crippen LogP contribution >= 0.6 is 0 Å². The first-order valence-electron chi connectivity index (χ1n) is 5.64. The summed E-state index contributed by atoms with van der Waals surface area (Å²) in [5.41, 5.74) is 0. The zero-order valence-electron chi connectivity index (χ0n) is 9.15. The molecule has 0 saturated carbocycles. The maximum atomic E-state index is 5.81. The van der Waals surface area contributed by atoms with Crippen LogP contribution in [0.4, 0.5) is 0 Å². The van der Waals surface area contributed by atoms with Gasteiger partial charge in [0, 0.05) is 12.3 Å². The SMILES string of the molecule is CC(Oc1ccccn1)C1CCNCC1. The predicted octanol–water partition coefficient (Wildman–Crippen LogP) is 1.85. The fraction of sp³-hybridized carbons (Fsp3) is 0.583. The Balaban J connectivity index is 1.88. The average Bonchev–Trinajstić information content (AvgIpc) is 2.31. The molecule has 0 radical (unpaired) electrons. The summed E-state index contributed by atoms with van der Waals surface area (Å²) in [6, 6.07) is 5.77.